The van der Waals surface area contributed by atoms with Crippen LogP contribution < -0.4 is 0 Å². The molecule has 0 aliphatic rings. The van der Waals surface area contributed by atoms with Crippen LogP contribution >= 0.6 is 11.8 Å². The lowest BCUT2D eigenvalue weighted by molar-refractivity contribution is -0.136. The molecule has 0 aliphatic heterocycles. The van der Waals surface area contributed by atoms with Gasteiger partial charge in [-0.3, -0.25) is 9.59 Å². The third-order valence-electron chi connectivity index (χ3n) is 2.26. The lowest BCUT2D eigenvalue weighted by atomic mass is 9.97. The van der Waals surface area contributed by atoms with E-state index in [-0.39, 0.29) is 12.2 Å². The lowest BCUT2D eigenvalue weighted by Gasteiger charge is -2.15. The van der Waals surface area contributed by atoms with Gasteiger partial charge in [0.05, 0.1) is 6.42 Å². The van der Waals surface area contributed by atoms with Crippen molar-refractivity contribution in [1.82, 2.24) is 0 Å². The van der Waals surface area contributed by atoms with Crippen LogP contribution in [0.2, 0.25) is 0 Å². The largest absolute Gasteiger partial charge is 0.481 e. The van der Waals surface area contributed by atoms with Crippen LogP contribution in [0.4, 0.5) is 0 Å². The van der Waals surface area contributed by atoms with Gasteiger partial charge in [-0.25, -0.2) is 0 Å². The second-order valence-corrected chi connectivity index (χ2v) is 5.57. The molecule has 0 aromatic heterocycles. The van der Waals surface area contributed by atoms with E-state index in [0.717, 1.165) is 4.90 Å². The zero-order valence-corrected chi connectivity index (χ0v) is 11.2. The van der Waals surface area contributed by atoms with Gasteiger partial charge in [-0.05, 0) is 26.0 Å². The van der Waals surface area contributed by atoms with Crippen molar-refractivity contribution in [2.75, 3.05) is 5.75 Å². The molecule has 0 spiro atoms. The van der Waals surface area contributed by atoms with Gasteiger partial charge in [0.2, 0.25) is 0 Å². The zero-order valence-electron chi connectivity index (χ0n) is 10.3. The SMILES string of the molecule is CC(C)(O)C(=O)c1ccc(SCCC(=O)O)cc1. The number of aliphatic carboxylic acids is 1. The number of rotatable bonds is 6. The van der Waals surface area contributed by atoms with Crippen LogP contribution in [0, 0.1) is 0 Å². The number of benzene rings is 1. The van der Waals surface area contributed by atoms with Gasteiger partial charge in [-0.2, -0.15) is 0 Å². The lowest BCUT2D eigenvalue weighted by Crippen LogP contribution is -2.30. The molecule has 0 bridgehead atoms. The number of hydrogen-bond donors (Lipinski definition) is 2. The molecule has 0 atom stereocenters. The number of Topliss-reactive ketones (excluding diaryl/α,β-unsaturated/α-hetero) is 1. The highest BCUT2D eigenvalue weighted by molar-refractivity contribution is 7.99. The van der Waals surface area contributed by atoms with Crippen LogP contribution in [-0.2, 0) is 4.79 Å². The number of carboxylic acids is 1. The Morgan fingerprint density at radius 2 is 1.78 bits per heavy atom. The van der Waals surface area contributed by atoms with Gasteiger partial charge in [0.15, 0.2) is 5.78 Å². The van der Waals surface area contributed by atoms with E-state index in [1.165, 1.54) is 25.6 Å². The summed E-state index contributed by atoms with van der Waals surface area (Å²) in [6.45, 7) is 2.90. The maximum atomic E-state index is 11.7. The Hall–Kier alpha value is -1.33. The summed E-state index contributed by atoms with van der Waals surface area (Å²) < 4.78 is 0. The van der Waals surface area contributed by atoms with E-state index >= 15 is 0 Å². The van der Waals surface area contributed by atoms with Crippen molar-refractivity contribution in [2.24, 2.45) is 0 Å². The first kappa shape index (κ1) is 14.7. The second-order valence-electron chi connectivity index (χ2n) is 4.40. The summed E-state index contributed by atoms with van der Waals surface area (Å²) in [7, 11) is 0. The van der Waals surface area contributed by atoms with Crippen molar-refractivity contribution in [3.05, 3.63) is 29.8 Å². The van der Waals surface area contributed by atoms with Crippen LogP contribution in [0.25, 0.3) is 0 Å². The molecule has 0 amide bonds. The molecule has 1 aromatic carbocycles. The van der Waals surface area contributed by atoms with E-state index in [0.29, 0.717) is 11.3 Å². The summed E-state index contributed by atoms with van der Waals surface area (Å²) in [5.41, 5.74) is -0.928. The summed E-state index contributed by atoms with van der Waals surface area (Å²) in [6.07, 6.45) is 0.106. The highest BCUT2D eigenvalue weighted by Gasteiger charge is 2.24. The molecule has 0 fully saturated rings. The minimum Gasteiger partial charge on any atom is -0.481 e. The van der Waals surface area contributed by atoms with E-state index in [1.54, 1.807) is 24.3 Å². The van der Waals surface area contributed by atoms with Gasteiger partial charge in [0, 0.05) is 16.2 Å². The highest BCUT2D eigenvalue weighted by Crippen LogP contribution is 2.21. The van der Waals surface area contributed by atoms with Gasteiger partial charge in [-0.1, -0.05) is 12.1 Å². The smallest absolute Gasteiger partial charge is 0.304 e. The van der Waals surface area contributed by atoms with E-state index in [2.05, 4.69) is 0 Å². The molecular formula is C13H16O4S. The summed E-state index contributed by atoms with van der Waals surface area (Å²) in [5, 5.41) is 18.1. The predicted molar refractivity (Wildman–Crippen MR) is 70.0 cm³/mol. The van der Waals surface area contributed by atoms with Crippen LogP contribution in [-0.4, -0.2) is 33.3 Å². The molecule has 0 saturated heterocycles. The van der Waals surface area contributed by atoms with Gasteiger partial charge in [-0.15, -0.1) is 11.8 Å². The summed E-state index contributed by atoms with van der Waals surface area (Å²) in [4.78, 5) is 23.0. The summed E-state index contributed by atoms with van der Waals surface area (Å²) in [6, 6.07) is 6.80. The number of carboxylic acid groups (broad SMARTS) is 1. The molecule has 2 N–H and O–H groups in total. The Morgan fingerprint density at radius 3 is 2.22 bits per heavy atom. The van der Waals surface area contributed by atoms with Crippen molar-refractivity contribution in [3.8, 4) is 0 Å². The second kappa shape index (κ2) is 6.02. The fourth-order valence-electron chi connectivity index (χ4n) is 1.31. The highest BCUT2D eigenvalue weighted by atomic mass is 32.2. The Balaban J connectivity index is 2.63. The summed E-state index contributed by atoms with van der Waals surface area (Å²) >= 11 is 1.42. The maximum absolute atomic E-state index is 11.7. The Morgan fingerprint density at radius 1 is 1.22 bits per heavy atom. The molecule has 18 heavy (non-hydrogen) atoms. The average molecular weight is 268 g/mol. The molecule has 5 heteroatoms. The molecule has 1 aromatic rings. The predicted octanol–water partition coefficient (Wildman–Crippen LogP) is 2.21. The normalized spacial score (nSPS) is 11.3. The molecule has 4 nitrogen and oxygen atoms in total. The Labute approximate surface area is 110 Å². The van der Waals surface area contributed by atoms with E-state index in [4.69, 9.17) is 5.11 Å². The Kier molecular flexibility index (Phi) is 4.93. The van der Waals surface area contributed by atoms with Crippen LogP contribution in [0.1, 0.15) is 30.6 Å². The van der Waals surface area contributed by atoms with Crippen molar-refractivity contribution < 1.29 is 19.8 Å². The van der Waals surface area contributed by atoms with Gasteiger partial charge in [0.25, 0.3) is 0 Å². The minimum atomic E-state index is -1.38. The number of ketones is 1. The van der Waals surface area contributed by atoms with Crippen LogP contribution in [0.15, 0.2) is 29.2 Å². The average Bonchev–Trinajstić information content (AvgIpc) is 2.27. The molecule has 98 valence electrons. The standard InChI is InChI=1S/C13H16O4S/c1-13(2,17)12(16)9-3-5-10(6-4-9)18-8-7-11(14)15/h3-6,17H,7-8H2,1-2H3,(H,14,15). The molecule has 0 unspecified atom stereocenters. The minimum absolute atomic E-state index is 0.106. The van der Waals surface area contributed by atoms with Gasteiger partial charge < -0.3 is 10.2 Å². The van der Waals surface area contributed by atoms with E-state index < -0.39 is 11.6 Å². The van der Waals surface area contributed by atoms with Crippen molar-refractivity contribution in [3.63, 3.8) is 0 Å². The van der Waals surface area contributed by atoms with E-state index in [9.17, 15) is 14.7 Å². The zero-order chi connectivity index (χ0) is 13.8. The van der Waals surface area contributed by atoms with Crippen LogP contribution in [0.5, 0.6) is 0 Å². The molecule has 0 radical (unpaired) electrons. The monoisotopic (exact) mass is 268 g/mol. The quantitative estimate of drug-likeness (QED) is 0.611. The third-order valence-corrected chi connectivity index (χ3v) is 3.27. The number of carbonyl (C=O) groups excluding carboxylic acids is 1. The molecule has 1 rings (SSSR count). The molecular weight excluding hydrogens is 252 g/mol. The van der Waals surface area contributed by atoms with E-state index in [1.807, 2.05) is 0 Å². The Bertz CT molecular complexity index is 431. The number of thioether (sulfide) groups is 1. The van der Waals surface area contributed by atoms with Crippen molar-refractivity contribution in [1.29, 1.82) is 0 Å². The number of carbonyl (C=O) groups is 2. The first-order chi connectivity index (χ1) is 8.30. The van der Waals surface area contributed by atoms with Crippen molar-refractivity contribution >= 4 is 23.5 Å². The first-order valence-corrected chi connectivity index (χ1v) is 6.51. The third kappa shape index (κ3) is 4.50. The van der Waals surface area contributed by atoms with Crippen LogP contribution in [0.3, 0.4) is 0 Å². The molecule has 0 heterocycles. The summed E-state index contributed by atoms with van der Waals surface area (Å²) in [5.74, 6) is -0.658. The van der Waals surface area contributed by atoms with Gasteiger partial charge >= 0.3 is 5.97 Å². The van der Waals surface area contributed by atoms with Crippen molar-refractivity contribution in [2.45, 2.75) is 30.8 Å². The number of hydrogen-bond acceptors (Lipinski definition) is 4. The molecule has 0 saturated carbocycles. The molecule has 0 aliphatic carbocycles. The maximum Gasteiger partial charge on any atom is 0.304 e. The fourth-order valence-corrected chi connectivity index (χ4v) is 2.15. The topological polar surface area (TPSA) is 74.6 Å². The number of aliphatic hydroxyl groups is 1. The fraction of sp³-hybridized carbons (Fsp3) is 0.385. The van der Waals surface area contributed by atoms with Gasteiger partial charge in [0.1, 0.15) is 5.60 Å². The first-order valence-electron chi connectivity index (χ1n) is 5.52.